The van der Waals surface area contributed by atoms with Gasteiger partial charge in [-0.05, 0) is 55.5 Å². The number of halogens is 2. The van der Waals surface area contributed by atoms with E-state index in [0.717, 1.165) is 10.4 Å². The topological polar surface area (TPSA) is 78.5 Å². The van der Waals surface area contributed by atoms with Crippen LogP contribution in [0.1, 0.15) is 49.2 Å². The van der Waals surface area contributed by atoms with Crippen LogP contribution >= 0.6 is 22.9 Å². The van der Waals surface area contributed by atoms with E-state index in [2.05, 4.69) is 10.6 Å². The average Bonchev–Trinajstić information content (AvgIpc) is 3.52. The highest BCUT2D eigenvalue weighted by molar-refractivity contribution is 7.09. The Morgan fingerprint density at radius 1 is 1.13 bits per heavy atom. The quantitative estimate of drug-likeness (QED) is 0.397. The summed E-state index contributed by atoms with van der Waals surface area (Å²) in [7, 11) is 0. The van der Waals surface area contributed by atoms with E-state index < -0.39 is 35.3 Å². The zero-order chi connectivity index (χ0) is 27.4. The normalized spacial score (nSPS) is 18.3. The summed E-state index contributed by atoms with van der Waals surface area (Å²) in [4.78, 5) is 42.8. The molecule has 38 heavy (non-hydrogen) atoms. The Kier molecular flexibility index (Phi) is 8.53. The largest absolute Gasteiger partial charge is 0.349 e. The first-order valence-electron chi connectivity index (χ1n) is 12.5. The lowest BCUT2D eigenvalue weighted by Crippen LogP contribution is -2.50. The van der Waals surface area contributed by atoms with Gasteiger partial charge >= 0.3 is 0 Å². The molecule has 2 N–H and O–H groups in total. The molecule has 1 fully saturated rings. The number of amides is 3. The zero-order valence-electron chi connectivity index (χ0n) is 21.5. The molecule has 1 aliphatic rings. The van der Waals surface area contributed by atoms with E-state index >= 15 is 0 Å². The highest BCUT2D eigenvalue weighted by atomic mass is 35.5. The van der Waals surface area contributed by atoms with Gasteiger partial charge in [0, 0.05) is 23.3 Å². The summed E-state index contributed by atoms with van der Waals surface area (Å²) in [5, 5.41) is 7.72. The highest BCUT2D eigenvalue weighted by Crippen LogP contribution is 2.43. The second-order valence-corrected chi connectivity index (χ2v) is 11.9. The molecule has 0 spiro atoms. The van der Waals surface area contributed by atoms with Crippen molar-refractivity contribution in [1.29, 1.82) is 0 Å². The van der Waals surface area contributed by atoms with Gasteiger partial charge in [0.2, 0.25) is 17.7 Å². The summed E-state index contributed by atoms with van der Waals surface area (Å²) in [5.41, 5.74) is 0.753. The minimum absolute atomic E-state index is 0.0354. The van der Waals surface area contributed by atoms with Crippen LogP contribution in [0.2, 0.25) is 5.02 Å². The van der Waals surface area contributed by atoms with Crippen LogP contribution in [0.4, 0.5) is 4.39 Å². The van der Waals surface area contributed by atoms with Gasteiger partial charge in [-0.3, -0.25) is 14.4 Å². The first kappa shape index (κ1) is 27.8. The molecule has 2 heterocycles. The molecule has 2 aromatic carbocycles. The standard InChI is InChI=1S/C29H31ClFN3O3S/c1-29(2,3)34-25(35)16-21(26(34)19-11-12-22(30)23(31)15-19)27(36)33-24(14-18-8-5-4-6-9-18)28(37)32-17-20-10-7-13-38-20/h4-13,15,21,24,26H,14,16-17H2,1-3H3,(H,32,37)(H,33,36)/t21?,24-,26?/m0/s1. The van der Waals surface area contributed by atoms with Crippen molar-refractivity contribution < 1.29 is 18.8 Å². The number of thiophene rings is 1. The Balaban J connectivity index is 1.61. The van der Waals surface area contributed by atoms with Gasteiger partial charge in [0.15, 0.2) is 0 Å². The lowest BCUT2D eigenvalue weighted by Gasteiger charge is -2.39. The maximum atomic E-state index is 14.5. The number of benzene rings is 2. The number of carbonyl (C=O) groups excluding carboxylic acids is 3. The van der Waals surface area contributed by atoms with Crippen LogP contribution in [0.5, 0.6) is 0 Å². The van der Waals surface area contributed by atoms with E-state index in [4.69, 9.17) is 11.6 Å². The van der Waals surface area contributed by atoms with Gasteiger partial charge in [-0.15, -0.1) is 11.3 Å². The van der Waals surface area contributed by atoms with Crippen LogP contribution in [-0.2, 0) is 27.3 Å². The molecule has 0 bridgehead atoms. The van der Waals surface area contributed by atoms with Crippen molar-refractivity contribution >= 4 is 40.7 Å². The predicted molar refractivity (Wildman–Crippen MR) is 147 cm³/mol. The number of nitrogens with zero attached hydrogens (tertiary/aromatic N) is 1. The molecule has 2 unspecified atom stereocenters. The number of hydrogen-bond donors (Lipinski definition) is 2. The van der Waals surface area contributed by atoms with Crippen LogP contribution in [0, 0.1) is 11.7 Å². The van der Waals surface area contributed by atoms with Crippen molar-refractivity contribution in [2.45, 2.75) is 57.8 Å². The van der Waals surface area contributed by atoms with Gasteiger partial charge in [0.1, 0.15) is 11.9 Å². The van der Waals surface area contributed by atoms with Crippen molar-refractivity contribution in [3.63, 3.8) is 0 Å². The molecule has 1 aliphatic heterocycles. The Hall–Kier alpha value is -3.23. The van der Waals surface area contributed by atoms with Gasteiger partial charge < -0.3 is 15.5 Å². The van der Waals surface area contributed by atoms with Gasteiger partial charge in [-0.2, -0.15) is 0 Å². The van der Waals surface area contributed by atoms with E-state index in [0.29, 0.717) is 12.1 Å². The number of likely N-dealkylation sites (tertiary alicyclic amines) is 1. The number of carbonyl (C=O) groups is 3. The molecule has 6 nitrogen and oxygen atoms in total. The van der Waals surface area contributed by atoms with Crippen molar-refractivity contribution in [2.75, 3.05) is 0 Å². The fourth-order valence-corrected chi connectivity index (χ4v) is 5.65. The molecule has 200 valence electrons. The average molecular weight is 556 g/mol. The molecule has 1 saturated heterocycles. The molecular formula is C29H31ClFN3O3S. The monoisotopic (exact) mass is 555 g/mol. The van der Waals surface area contributed by atoms with Crippen molar-refractivity contribution in [1.82, 2.24) is 15.5 Å². The summed E-state index contributed by atoms with van der Waals surface area (Å²) < 4.78 is 14.5. The highest BCUT2D eigenvalue weighted by Gasteiger charge is 2.49. The van der Waals surface area contributed by atoms with Gasteiger partial charge in [0.25, 0.3) is 0 Å². The first-order chi connectivity index (χ1) is 18.0. The summed E-state index contributed by atoms with van der Waals surface area (Å²) in [6, 6.07) is 16.0. The fraction of sp³-hybridized carbons (Fsp3) is 0.345. The van der Waals surface area contributed by atoms with Gasteiger partial charge in [0.05, 0.1) is 23.5 Å². The number of hydrogen-bond acceptors (Lipinski definition) is 4. The fourth-order valence-electron chi connectivity index (χ4n) is 4.89. The second kappa shape index (κ2) is 11.7. The summed E-state index contributed by atoms with van der Waals surface area (Å²) in [5.74, 6) is -2.39. The number of rotatable bonds is 8. The van der Waals surface area contributed by atoms with Crippen LogP contribution in [0.15, 0.2) is 66.0 Å². The Morgan fingerprint density at radius 2 is 1.87 bits per heavy atom. The molecule has 3 amide bonds. The Bertz CT molecular complexity index is 1290. The minimum Gasteiger partial charge on any atom is -0.349 e. The lowest BCUT2D eigenvalue weighted by molar-refractivity contribution is -0.133. The third-order valence-electron chi connectivity index (χ3n) is 6.60. The lowest BCUT2D eigenvalue weighted by atomic mass is 9.90. The van der Waals surface area contributed by atoms with Crippen molar-refractivity contribution in [2.24, 2.45) is 5.92 Å². The molecule has 4 rings (SSSR count). The van der Waals surface area contributed by atoms with Crippen LogP contribution in [0.25, 0.3) is 0 Å². The Labute approximate surface area is 231 Å². The van der Waals surface area contributed by atoms with E-state index in [9.17, 15) is 18.8 Å². The van der Waals surface area contributed by atoms with Gasteiger partial charge in [-0.25, -0.2) is 4.39 Å². The number of nitrogens with one attached hydrogen (secondary N) is 2. The van der Waals surface area contributed by atoms with Crippen LogP contribution in [-0.4, -0.2) is 34.2 Å². The summed E-state index contributed by atoms with van der Waals surface area (Å²) in [6.07, 6.45) is 0.236. The first-order valence-corrected chi connectivity index (χ1v) is 13.7. The minimum atomic E-state index is -0.855. The SMILES string of the molecule is CC(C)(C)N1C(=O)CC(C(=O)N[C@@H](Cc2ccccc2)C(=O)NCc2cccs2)C1c1ccc(Cl)c(F)c1. The van der Waals surface area contributed by atoms with Crippen LogP contribution < -0.4 is 10.6 Å². The van der Waals surface area contributed by atoms with E-state index in [-0.39, 0.29) is 29.7 Å². The molecule has 3 aromatic rings. The molecule has 0 saturated carbocycles. The van der Waals surface area contributed by atoms with E-state index in [1.807, 2.05) is 68.6 Å². The van der Waals surface area contributed by atoms with Crippen molar-refractivity contribution in [3.8, 4) is 0 Å². The molecule has 1 aromatic heterocycles. The van der Waals surface area contributed by atoms with E-state index in [1.54, 1.807) is 11.0 Å². The molecule has 3 atom stereocenters. The third kappa shape index (κ3) is 6.42. The van der Waals surface area contributed by atoms with E-state index in [1.165, 1.54) is 23.5 Å². The summed E-state index contributed by atoms with van der Waals surface area (Å²) in [6.45, 7) is 5.98. The molecule has 0 radical (unpaired) electrons. The smallest absolute Gasteiger partial charge is 0.243 e. The summed E-state index contributed by atoms with van der Waals surface area (Å²) >= 11 is 7.44. The predicted octanol–water partition coefficient (Wildman–Crippen LogP) is 5.27. The zero-order valence-corrected chi connectivity index (χ0v) is 23.1. The molecule has 9 heteroatoms. The molecule has 0 aliphatic carbocycles. The maximum Gasteiger partial charge on any atom is 0.243 e. The molecular weight excluding hydrogens is 525 g/mol. The Morgan fingerprint density at radius 3 is 2.50 bits per heavy atom. The maximum absolute atomic E-state index is 14.5. The van der Waals surface area contributed by atoms with Crippen molar-refractivity contribution in [3.05, 3.63) is 92.9 Å². The van der Waals surface area contributed by atoms with Gasteiger partial charge in [-0.1, -0.05) is 54.1 Å². The van der Waals surface area contributed by atoms with Crippen LogP contribution in [0.3, 0.4) is 0 Å². The third-order valence-corrected chi connectivity index (χ3v) is 7.78. The second-order valence-electron chi connectivity index (χ2n) is 10.4.